The van der Waals surface area contributed by atoms with Gasteiger partial charge in [0.05, 0.1) is 53.4 Å². The molecule has 0 bridgehead atoms. The minimum absolute atomic E-state index is 0.140. The molecule has 1 fully saturated rings. The van der Waals surface area contributed by atoms with Gasteiger partial charge < -0.3 is 51.7 Å². The van der Waals surface area contributed by atoms with Crippen LogP contribution in [0.2, 0.25) is 0 Å². The van der Waals surface area contributed by atoms with E-state index in [1.807, 2.05) is 76.2 Å². The van der Waals surface area contributed by atoms with Crippen LogP contribution in [0.4, 0.5) is 0 Å². The third-order valence-corrected chi connectivity index (χ3v) is 9.68. The van der Waals surface area contributed by atoms with E-state index >= 15 is 0 Å². The molecule has 14 nitrogen and oxygen atoms in total. The molecule has 14 heteroatoms. The number of hydrogen-bond donors (Lipinski definition) is 6. The van der Waals surface area contributed by atoms with Gasteiger partial charge in [0.25, 0.3) is 0 Å². The first-order chi connectivity index (χ1) is 26.9. The fraction of sp³-hybridized carbons (Fsp3) is 0.524. The van der Waals surface area contributed by atoms with Gasteiger partial charge in [0.2, 0.25) is 11.8 Å². The summed E-state index contributed by atoms with van der Waals surface area (Å²) in [4.78, 5) is 37.1. The van der Waals surface area contributed by atoms with E-state index in [9.17, 15) is 9.59 Å². The quantitative estimate of drug-likeness (QED) is 0.0433. The average molecular weight is 777 g/mol. The van der Waals surface area contributed by atoms with Crippen LogP contribution in [0.15, 0.2) is 69.7 Å². The number of benzene rings is 2. The number of rotatable bonds is 22. The van der Waals surface area contributed by atoms with E-state index in [1.54, 1.807) is 28.4 Å². The highest BCUT2D eigenvalue weighted by Gasteiger charge is 2.58. The molecule has 0 spiro atoms. The zero-order chi connectivity index (χ0) is 41.0. The number of nitrogens with one attached hydrogen (secondary N) is 4. The van der Waals surface area contributed by atoms with Crippen LogP contribution < -0.4 is 51.7 Å². The summed E-state index contributed by atoms with van der Waals surface area (Å²) in [7, 11) is 6.28. The van der Waals surface area contributed by atoms with Crippen LogP contribution in [-0.2, 0) is 9.59 Å². The summed E-state index contributed by atoms with van der Waals surface area (Å²) in [5, 5.41) is 12.6. The van der Waals surface area contributed by atoms with Crippen LogP contribution in [0.1, 0.15) is 76.3 Å². The van der Waals surface area contributed by atoms with Gasteiger partial charge in [-0.25, -0.2) is 9.98 Å². The first-order valence-corrected chi connectivity index (χ1v) is 19.3. The fourth-order valence-electron chi connectivity index (χ4n) is 6.71. The predicted octanol–water partition coefficient (Wildman–Crippen LogP) is 4.37. The van der Waals surface area contributed by atoms with Crippen molar-refractivity contribution in [3.8, 4) is 23.0 Å². The molecular weight excluding hydrogens is 713 g/mol. The highest BCUT2D eigenvalue weighted by atomic mass is 16.5. The molecule has 2 aromatic rings. The number of amides is 2. The van der Waals surface area contributed by atoms with Crippen molar-refractivity contribution in [1.29, 1.82) is 0 Å². The second-order valence-electron chi connectivity index (χ2n) is 14.2. The van der Waals surface area contributed by atoms with Gasteiger partial charge in [-0.05, 0) is 88.8 Å². The smallest absolute Gasteiger partial charge is 0.224 e. The van der Waals surface area contributed by atoms with Crippen LogP contribution in [0.25, 0.3) is 0 Å². The SMILES string of the molecule is COc1ccc(C2C(C(=O)NCCCCNC(N)=NCC=C(C)C)C(c3ccc(OC)c(OC)c3)C2C(=O)NCCCCNC(N)=NCC=C(C)C)cc1OC. The maximum absolute atomic E-state index is 14.3. The number of carbonyl (C=O) groups excluding carboxylic acids is 2. The summed E-state index contributed by atoms with van der Waals surface area (Å²) in [5.41, 5.74) is 15.9. The summed E-state index contributed by atoms with van der Waals surface area (Å²) in [6.45, 7) is 11.3. The highest BCUT2D eigenvalue weighted by Crippen LogP contribution is 2.59. The van der Waals surface area contributed by atoms with Crippen LogP contribution in [0.3, 0.4) is 0 Å². The Morgan fingerprint density at radius 3 is 1.23 bits per heavy atom. The lowest BCUT2D eigenvalue weighted by atomic mass is 9.51. The van der Waals surface area contributed by atoms with Gasteiger partial charge in [-0.3, -0.25) is 9.59 Å². The van der Waals surface area contributed by atoms with E-state index < -0.39 is 23.7 Å². The van der Waals surface area contributed by atoms with Crippen LogP contribution in [-0.4, -0.2) is 91.4 Å². The maximum atomic E-state index is 14.3. The number of hydrogen-bond acceptors (Lipinski definition) is 8. The number of nitrogens with two attached hydrogens (primary N) is 2. The molecule has 0 atom stereocenters. The van der Waals surface area contributed by atoms with Gasteiger partial charge >= 0.3 is 0 Å². The van der Waals surface area contributed by atoms with Gasteiger partial charge in [-0.15, -0.1) is 0 Å². The van der Waals surface area contributed by atoms with Crippen molar-refractivity contribution >= 4 is 23.7 Å². The molecule has 2 aromatic carbocycles. The topological polar surface area (TPSA) is 196 Å². The summed E-state index contributed by atoms with van der Waals surface area (Å²) in [5.74, 6) is 0.600. The first-order valence-electron chi connectivity index (χ1n) is 19.3. The number of nitrogens with zero attached hydrogens (tertiary/aromatic N) is 2. The van der Waals surface area contributed by atoms with Gasteiger partial charge in [0, 0.05) is 38.0 Å². The number of carbonyl (C=O) groups is 2. The average Bonchev–Trinajstić information content (AvgIpc) is 3.16. The Morgan fingerprint density at radius 2 is 0.911 bits per heavy atom. The lowest BCUT2D eigenvalue weighted by Gasteiger charge is -2.51. The van der Waals surface area contributed by atoms with Gasteiger partial charge in [0.1, 0.15) is 0 Å². The Hall–Kier alpha value is -5.40. The molecule has 3 rings (SSSR count). The summed E-state index contributed by atoms with van der Waals surface area (Å²) in [6, 6.07) is 11.2. The van der Waals surface area contributed by atoms with E-state index in [2.05, 4.69) is 31.3 Å². The molecular formula is C42H64N8O6. The molecule has 1 aliphatic rings. The normalized spacial score (nSPS) is 17.8. The van der Waals surface area contributed by atoms with Crippen molar-refractivity contribution < 1.29 is 28.5 Å². The molecule has 308 valence electrons. The molecule has 0 unspecified atom stereocenters. The Balaban J connectivity index is 1.82. The van der Waals surface area contributed by atoms with Crippen molar-refractivity contribution in [1.82, 2.24) is 21.3 Å². The first kappa shape index (κ1) is 45.0. The molecule has 56 heavy (non-hydrogen) atoms. The fourth-order valence-corrected chi connectivity index (χ4v) is 6.71. The van der Waals surface area contributed by atoms with E-state index in [-0.39, 0.29) is 11.8 Å². The van der Waals surface area contributed by atoms with Crippen molar-refractivity contribution in [2.24, 2.45) is 33.3 Å². The second-order valence-corrected chi connectivity index (χ2v) is 14.2. The minimum atomic E-state index is -0.573. The number of aliphatic imine (C=N–C) groups is 2. The summed E-state index contributed by atoms with van der Waals surface area (Å²) < 4.78 is 22.3. The van der Waals surface area contributed by atoms with Crippen LogP contribution in [0.5, 0.6) is 23.0 Å². The number of ether oxygens (including phenoxy) is 4. The summed E-state index contributed by atoms with van der Waals surface area (Å²) in [6.07, 6.45) is 7.01. The monoisotopic (exact) mass is 776 g/mol. The number of unbranched alkanes of at least 4 members (excludes halogenated alkanes) is 2. The molecule has 1 saturated carbocycles. The number of allylic oxidation sites excluding steroid dienone is 2. The molecule has 0 aliphatic heterocycles. The van der Waals surface area contributed by atoms with E-state index in [0.29, 0.717) is 74.2 Å². The van der Waals surface area contributed by atoms with E-state index in [4.69, 9.17) is 30.4 Å². The zero-order valence-corrected chi connectivity index (χ0v) is 34.5. The Kier molecular flexibility index (Phi) is 18.9. The van der Waals surface area contributed by atoms with Crippen molar-refractivity contribution in [3.63, 3.8) is 0 Å². The number of guanidine groups is 2. The Labute approximate surface area is 332 Å². The lowest BCUT2D eigenvalue weighted by molar-refractivity contribution is -0.140. The minimum Gasteiger partial charge on any atom is -0.493 e. The molecule has 0 radical (unpaired) electrons. The third kappa shape index (κ3) is 13.4. The van der Waals surface area contributed by atoms with Gasteiger partial charge in [-0.2, -0.15) is 0 Å². The third-order valence-electron chi connectivity index (χ3n) is 9.68. The Bertz CT molecular complexity index is 1570. The van der Waals surface area contributed by atoms with Gasteiger partial charge in [0.15, 0.2) is 34.9 Å². The van der Waals surface area contributed by atoms with Crippen molar-refractivity contribution in [2.75, 3.05) is 67.7 Å². The van der Waals surface area contributed by atoms with E-state index in [1.165, 1.54) is 11.1 Å². The van der Waals surface area contributed by atoms with E-state index in [0.717, 1.165) is 36.8 Å². The zero-order valence-electron chi connectivity index (χ0n) is 34.5. The number of methoxy groups -OCH3 is 4. The Morgan fingerprint density at radius 1 is 0.571 bits per heavy atom. The standard InChI is InChI=1S/C42H64N8O6/c1-27(2)17-23-49-41(43)47-21-11-9-19-45-39(51)37-35(29-13-15-31(53-5)33(25-29)55-7)38(36(37)30-14-16-32(54-6)34(26-30)56-8)40(52)46-20-10-12-22-48-42(44)50-24-18-28(3)4/h13-18,25-26,35-38H,9-12,19-24H2,1-8H3,(H,45,51)(H,46,52)(H3,43,47,49)(H3,44,48,50). The molecule has 0 saturated heterocycles. The molecule has 1 aliphatic carbocycles. The summed E-state index contributed by atoms with van der Waals surface area (Å²) >= 11 is 0. The molecule has 2 amide bonds. The highest BCUT2D eigenvalue weighted by molar-refractivity contribution is 5.90. The lowest BCUT2D eigenvalue weighted by Crippen LogP contribution is -2.56. The van der Waals surface area contributed by atoms with Crippen LogP contribution >= 0.6 is 0 Å². The largest absolute Gasteiger partial charge is 0.493 e. The molecule has 8 N–H and O–H groups in total. The molecule has 0 aromatic heterocycles. The van der Waals surface area contributed by atoms with Crippen LogP contribution in [0, 0.1) is 11.8 Å². The van der Waals surface area contributed by atoms with Crippen molar-refractivity contribution in [3.05, 3.63) is 70.8 Å². The predicted molar refractivity (Wildman–Crippen MR) is 224 cm³/mol. The molecule has 0 heterocycles. The maximum Gasteiger partial charge on any atom is 0.224 e. The van der Waals surface area contributed by atoms with Gasteiger partial charge in [-0.1, -0.05) is 35.4 Å². The van der Waals surface area contributed by atoms with Crippen molar-refractivity contribution in [2.45, 2.75) is 65.2 Å². The second kappa shape index (κ2) is 23.5.